The average molecular weight is 287 g/mol. The summed E-state index contributed by atoms with van der Waals surface area (Å²) < 4.78 is 5.24. The van der Waals surface area contributed by atoms with Gasteiger partial charge in [-0.05, 0) is 37.8 Å². The van der Waals surface area contributed by atoms with Gasteiger partial charge in [0.25, 0.3) is 5.89 Å². The number of rotatable bonds is 3. The van der Waals surface area contributed by atoms with Crippen molar-refractivity contribution in [3.05, 3.63) is 18.0 Å². The molecule has 3 heterocycles. The minimum Gasteiger partial charge on any atom is -0.391 e. The third kappa shape index (κ3) is 2.61. The molecule has 2 aromatic heterocycles. The molecule has 1 atom stereocenters. The summed E-state index contributed by atoms with van der Waals surface area (Å²) in [5.41, 5.74) is 0.593. The Kier molecular flexibility index (Phi) is 3.07. The molecule has 1 saturated heterocycles. The first-order valence-electron chi connectivity index (χ1n) is 7.40. The van der Waals surface area contributed by atoms with Gasteiger partial charge in [0, 0.05) is 19.0 Å². The van der Waals surface area contributed by atoms with E-state index in [0.717, 1.165) is 43.9 Å². The molecule has 1 saturated carbocycles. The van der Waals surface area contributed by atoms with Crippen LogP contribution < -0.4 is 4.90 Å². The van der Waals surface area contributed by atoms with E-state index in [-0.39, 0.29) is 6.10 Å². The van der Waals surface area contributed by atoms with Gasteiger partial charge in [0.15, 0.2) is 17.3 Å². The molecule has 0 amide bonds. The monoisotopic (exact) mass is 287 g/mol. The van der Waals surface area contributed by atoms with E-state index in [0.29, 0.717) is 24.0 Å². The molecule has 2 aliphatic rings. The van der Waals surface area contributed by atoms with Crippen molar-refractivity contribution in [3.8, 4) is 11.6 Å². The summed E-state index contributed by atoms with van der Waals surface area (Å²) in [6, 6.07) is 3.73. The van der Waals surface area contributed by atoms with Crippen molar-refractivity contribution >= 4 is 5.82 Å². The third-order valence-electron chi connectivity index (χ3n) is 3.97. The Morgan fingerprint density at radius 2 is 2.10 bits per heavy atom. The highest BCUT2D eigenvalue weighted by Gasteiger charge is 2.29. The summed E-state index contributed by atoms with van der Waals surface area (Å²) in [6.07, 6.45) is 3.83. The van der Waals surface area contributed by atoms with Gasteiger partial charge in [-0.25, -0.2) is 0 Å². The first-order valence-corrected chi connectivity index (χ1v) is 7.40. The van der Waals surface area contributed by atoms with Crippen LogP contribution in [0.3, 0.4) is 0 Å². The minimum atomic E-state index is -0.280. The summed E-state index contributed by atoms with van der Waals surface area (Å²) >= 11 is 0. The first kappa shape index (κ1) is 12.7. The van der Waals surface area contributed by atoms with Crippen LogP contribution >= 0.6 is 0 Å². The molecule has 0 spiro atoms. The molecule has 110 valence electrons. The van der Waals surface area contributed by atoms with Gasteiger partial charge in [0.2, 0.25) is 0 Å². The zero-order valence-corrected chi connectivity index (χ0v) is 11.6. The number of hydrogen-bond acceptors (Lipinski definition) is 7. The smallest absolute Gasteiger partial charge is 0.278 e. The first-order chi connectivity index (χ1) is 10.3. The quantitative estimate of drug-likeness (QED) is 0.911. The van der Waals surface area contributed by atoms with Crippen LogP contribution in [0.5, 0.6) is 0 Å². The number of aromatic nitrogens is 4. The van der Waals surface area contributed by atoms with Crippen LogP contribution in [0, 0.1) is 0 Å². The highest BCUT2D eigenvalue weighted by Crippen LogP contribution is 2.38. The normalized spacial score (nSPS) is 22.5. The molecular weight excluding hydrogens is 270 g/mol. The Morgan fingerprint density at radius 1 is 1.19 bits per heavy atom. The van der Waals surface area contributed by atoms with Gasteiger partial charge in [-0.2, -0.15) is 4.98 Å². The fraction of sp³-hybridized carbons (Fsp3) is 0.571. The molecule has 2 aromatic rings. The van der Waals surface area contributed by atoms with E-state index < -0.39 is 0 Å². The van der Waals surface area contributed by atoms with Crippen molar-refractivity contribution in [2.45, 2.75) is 37.7 Å². The van der Waals surface area contributed by atoms with Crippen molar-refractivity contribution in [1.29, 1.82) is 0 Å². The number of aliphatic hydroxyl groups is 1. The van der Waals surface area contributed by atoms with Crippen LogP contribution in [0.2, 0.25) is 0 Å². The van der Waals surface area contributed by atoms with Gasteiger partial charge >= 0.3 is 0 Å². The van der Waals surface area contributed by atoms with Gasteiger partial charge < -0.3 is 14.5 Å². The van der Waals surface area contributed by atoms with E-state index in [1.807, 2.05) is 17.0 Å². The second-order valence-corrected chi connectivity index (χ2v) is 5.75. The van der Waals surface area contributed by atoms with Crippen molar-refractivity contribution < 1.29 is 9.63 Å². The lowest BCUT2D eigenvalue weighted by Crippen LogP contribution is -2.38. The van der Waals surface area contributed by atoms with Crippen molar-refractivity contribution in [1.82, 2.24) is 20.3 Å². The fourth-order valence-electron chi connectivity index (χ4n) is 2.62. The summed E-state index contributed by atoms with van der Waals surface area (Å²) in [7, 11) is 0. The second kappa shape index (κ2) is 5.07. The SMILES string of the molecule is OC1CCCN(c2ccc(-c3nc(C4CC4)no3)nn2)C1. The van der Waals surface area contributed by atoms with E-state index in [9.17, 15) is 5.11 Å². The van der Waals surface area contributed by atoms with Crippen LogP contribution in [-0.4, -0.2) is 44.6 Å². The van der Waals surface area contributed by atoms with Crippen molar-refractivity contribution in [3.63, 3.8) is 0 Å². The molecule has 1 N–H and O–H groups in total. The Hall–Kier alpha value is -2.02. The van der Waals surface area contributed by atoms with Gasteiger partial charge in [-0.1, -0.05) is 5.16 Å². The standard InChI is InChI=1S/C14H17N5O2/c20-10-2-1-7-19(8-10)12-6-5-11(16-17-12)14-15-13(18-21-14)9-3-4-9/h5-6,9-10,20H,1-4,7-8H2. The highest BCUT2D eigenvalue weighted by atomic mass is 16.5. The molecule has 1 aliphatic heterocycles. The zero-order valence-electron chi connectivity index (χ0n) is 11.6. The Bertz CT molecular complexity index is 623. The summed E-state index contributed by atoms with van der Waals surface area (Å²) in [4.78, 5) is 6.41. The van der Waals surface area contributed by atoms with Crippen LogP contribution in [0.15, 0.2) is 16.7 Å². The largest absolute Gasteiger partial charge is 0.391 e. The molecule has 2 fully saturated rings. The molecule has 21 heavy (non-hydrogen) atoms. The third-order valence-corrected chi connectivity index (χ3v) is 3.97. The summed E-state index contributed by atoms with van der Waals surface area (Å²) in [5.74, 6) is 2.44. The Balaban J connectivity index is 1.52. The number of piperidine rings is 1. The molecule has 7 heteroatoms. The maximum absolute atomic E-state index is 9.71. The number of anilines is 1. The van der Waals surface area contributed by atoms with Crippen LogP contribution in [0.1, 0.15) is 37.4 Å². The molecule has 4 rings (SSSR count). The summed E-state index contributed by atoms with van der Waals surface area (Å²) in [6.45, 7) is 1.51. The number of β-amino-alcohol motifs (C(OH)–C–C–N with tert-alkyl or cyclic N) is 1. The predicted octanol–water partition coefficient (Wildman–Crippen LogP) is 1.37. The van der Waals surface area contributed by atoms with Crippen molar-refractivity contribution in [2.24, 2.45) is 0 Å². The number of aliphatic hydroxyl groups excluding tert-OH is 1. The molecule has 1 unspecified atom stereocenters. The minimum absolute atomic E-state index is 0.280. The van der Waals surface area contributed by atoms with E-state index in [4.69, 9.17) is 4.52 Å². The molecule has 0 radical (unpaired) electrons. The molecule has 0 bridgehead atoms. The Morgan fingerprint density at radius 3 is 2.81 bits per heavy atom. The van der Waals surface area contributed by atoms with Crippen molar-refractivity contribution in [2.75, 3.05) is 18.0 Å². The molecule has 0 aromatic carbocycles. The lowest BCUT2D eigenvalue weighted by molar-refractivity contribution is 0.154. The van der Waals surface area contributed by atoms with Gasteiger partial charge in [-0.3, -0.25) is 0 Å². The summed E-state index contributed by atoms with van der Waals surface area (Å²) in [5, 5.41) is 22.1. The fourth-order valence-corrected chi connectivity index (χ4v) is 2.62. The van der Waals surface area contributed by atoms with Gasteiger partial charge in [0.1, 0.15) is 0 Å². The lowest BCUT2D eigenvalue weighted by Gasteiger charge is -2.30. The highest BCUT2D eigenvalue weighted by molar-refractivity contribution is 5.49. The van der Waals surface area contributed by atoms with Crippen LogP contribution in [0.25, 0.3) is 11.6 Å². The topological polar surface area (TPSA) is 88.2 Å². The molecular formula is C14H17N5O2. The maximum Gasteiger partial charge on any atom is 0.278 e. The molecule has 7 nitrogen and oxygen atoms in total. The zero-order chi connectivity index (χ0) is 14.2. The van der Waals surface area contributed by atoms with Crippen LogP contribution in [0.4, 0.5) is 5.82 Å². The second-order valence-electron chi connectivity index (χ2n) is 5.75. The Labute approximate surface area is 122 Å². The van der Waals surface area contributed by atoms with E-state index in [1.54, 1.807) is 0 Å². The molecule has 1 aliphatic carbocycles. The van der Waals surface area contributed by atoms with E-state index in [1.165, 1.54) is 0 Å². The van der Waals surface area contributed by atoms with Crippen LogP contribution in [-0.2, 0) is 0 Å². The van der Waals surface area contributed by atoms with E-state index >= 15 is 0 Å². The average Bonchev–Trinajstić information content (AvgIpc) is 3.25. The number of nitrogens with zero attached hydrogens (tertiary/aromatic N) is 5. The predicted molar refractivity (Wildman–Crippen MR) is 74.8 cm³/mol. The van der Waals surface area contributed by atoms with Gasteiger partial charge in [0.05, 0.1) is 6.10 Å². The van der Waals surface area contributed by atoms with Gasteiger partial charge in [-0.15, -0.1) is 10.2 Å². The number of hydrogen-bond donors (Lipinski definition) is 1. The maximum atomic E-state index is 9.71. The van der Waals surface area contributed by atoms with E-state index in [2.05, 4.69) is 20.3 Å². The lowest BCUT2D eigenvalue weighted by atomic mass is 10.1.